The lowest BCUT2D eigenvalue weighted by molar-refractivity contribution is -0.137. The summed E-state index contributed by atoms with van der Waals surface area (Å²) in [5.74, 6) is 1.34. The minimum Gasteiger partial charge on any atom is -0.356 e. The van der Waals surface area contributed by atoms with Crippen LogP contribution in [0.3, 0.4) is 0 Å². The molecule has 1 aliphatic carbocycles. The second kappa shape index (κ2) is 9.10. The lowest BCUT2D eigenvalue weighted by atomic mass is 9.64. The van der Waals surface area contributed by atoms with E-state index in [2.05, 4.69) is 25.8 Å². The third-order valence-corrected chi connectivity index (χ3v) is 5.15. The van der Waals surface area contributed by atoms with E-state index in [0.717, 1.165) is 36.7 Å². The van der Waals surface area contributed by atoms with Crippen molar-refractivity contribution in [1.82, 2.24) is 25.4 Å². The number of nitrogens with one attached hydrogen (secondary N) is 2. The summed E-state index contributed by atoms with van der Waals surface area (Å²) >= 11 is 0. The molecule has 154 valence electrons. The zero-order chi connectivity index (χ0) is 19.5. The SMILES string of the molecule is CN=C(NCc1nncn1C)NCC1(c2cccc(C(F)(F)F)c2)CCC1.I. The van der Waals surface area contributed by atoms with Gasteiger partial charge in [0, 0.05) is 26.1 Å². The predicted octanol–water partition coefficient (Wildman–Crippen LogP) is 3.24. The third kappa shape index (κ3) is 4.95. The number of aliphatic imine (C=N–C) groups is 1. The fourth-order valence-corrected chi connectivity index (χ4v) is 3.30. The molecular weight excluding hydrogens is 484 g/mol. The monoisotopic (exact) mass is 508 g/mol. The fraction of sp³-hybridized carbons (Fsp3) is 0.500. The van der Waals surface area contributed by atoms with Crippen LogP contribution in [0.25, 0.3) is 0 Å². The molecule has 10 heteroatoms. The van der Waals surface area contributed by atoms with Crippen molar-refractivity contribution in [2.45, 2.75) is 37.4 Å². The molecule has 1 aromatic heterocycles. The first-order chi connectivity index (χ1) is 12.8. The Balaban J connectivity index is 0.00000280. The van der Waals surface area contributed by atoms with E-state index in [1.807, 2.05) is 7.05 Å². The highest BCUT2D eigenvalue weighted by molar-refractivity contribution is 14.0. The zero-order valence-electron chi connectivity index (χ0n) is 15.8. The van der Waals surface area contributed by atoms with Crippen molar-refractivity contribution >= 4 is 29.9 Å². The fourth-order valence-electron chi connectivity index (χ4n) is 3.30. The van der Waals surface area contributed by atoms with E-state index in [9.17, 15) is 13.2 Å². The second-order valence-corrected chi connectivity index (χ2v) is 6.85. The van der Waals surface area contributed by atoms with Gasteiger partial charge in [-0.1, -0.05) is 24.6 Å². The molecule has 2 aromatic rings. The van der Waals surface area contributed by atoms with Gasteiger partial charge >= 0.3 is 6.18 Å². The smallest absolute Gasteiger partial charge is 0.356 e. The molecule has 2 N–H and O–H groups in total. The highest BCUT2D eigenvalue weighted by atomic mass is 127. The number of rotatable bonds is 5. The van der Waals surface area contributed by atoms with E-state index >= 15 is 0 Å². The molecule has 3 rings (SSSR count). The number of alkyl halides is 3. The summed E-state index contributed by atoms with van der Waals surface area (Å²) in [6.45, 7) is 0.972. The minimum atomic E-state index is -4.33. The number of hydrogen-bond donors (Lipinski definition) is 2. The Hall–Kier alpha value is -1.85. The Bertz CT molecular complexity index is 814. The lowest BCUT2D eigenvalue weighted by Crippen LogP contribution is -2.48. The van der Waals surface area contributed by atoms with Gasteiger partial charge in [-0.3, -0.25) is 4.99 Å². The second-order valence-electron chi connectivity index (χ2n) is 6.85. The van der Waals surface area contributed by atoms with Crippen molar-refractivity contribution in [2.75, 3.05) is 13.6 Å². The number of nitrogens with zero attached hydrogens (tertiary/aromatic N) is 4. The van der Waals surface area contributed by atoms with Crippen LogP contribution in [0.5, 0.6) is 0 Å². The maximum absolute atomic E-state index is 13.1. The van der Waals surface area contributed by atoms with Crippen LogP contribution in [0, 0.1) is 0 Å². The summed E-state index contributed by atoms with van der Waals surface area (Å²) in [5.41, 5.74) is -0.181. The van der Waals surface area contributed by atoms with Gasteiger partial charge in [0.15, 0.2) is 11.8 Å². The first-order valence-electron chi connectivity index (χ1n) is 8.79. The molecule has 1 fully saturated rings. The Morgan fingerprint density at radius 1 is 1.29 bits per heavy atom. The summed E-state index contributed by atoms with van der Waals surface area (Å²) in [4.78, 5) is 4.19. The van der Waals surface area contributed by atoms with Crippen LogP contribution >= 0.6 is 24.0 Å². The summed E-state index contributed by atoms with van der Waals surface area (Å²) in [7, 11) is 3.51. The lowest BCUT2D eigenvalue weighted by Gasteiger charge is -2.43. The van der Waals surface area contributed by atoms with Gasteiger partial charge in [0.2, 0.25) is 0 Å². The molecule has 1 heterocycles. The number of hydrogen-bond acceptors (Lipinski definition) is 3. The molecular formula is C18H24F3IN6. The largest absolute Gasteiger partial charge is 0.416 e. The van der Waals surface area contributed by atoms with Gasteiger partial charge in [0.1, 0.15) is 6.33 Å². The van der Waals surface area contributed by atoms with Gasteiger partial charge in [-0.2, -0.15) is 13.2 Å². The van der Waals surface area contributed by atoms with E-state index in [1.54, 1.807) is 24.0 Å². The average Bonchev–Trinajstić information content (AvgIpc) is 3.01. The van der Waals surface area contributed by atoms with E-state index in [4.69, 9.17) is 0 Å². The van der Waals surface area contributed by atoms with Crippen molar-refractivity contribution in [3.05, 3.63) is 47.5 Å². The molecule has 28 heavy (non-hydrogen) atoms. The Morgan fingerprint density at radius 2 is 2.04 bits per heavy atom. The predicted molar refractivity (Wildman–Crippen MR) is 112 cm³/mol. The van der Waals surface area contributed by atoms with Crippen molar-refractivity contribution < 1.29 is 13.2 Å². The highest BCUT2D eigenvalue weighted by Gasteiger charge is 2.40. The molecule has 1 aromatic carbocycles. The van der Waals surface area contributed by atoms with E-state index in [1.165, 1.54) is 12.1 Å². The van der Waals surface area contributed by atoms with Crippen LogP contribution in [0.1, 0.15) is 36.2 Å². The van der Waals surface area contributed by atoms with Crippen LogP contribution in [0.4, 0.5) is 13.2 Å². The summed E-state index contributed by atoms with van der Waals surface area (Å²) in [5, 5.41) is 14.2. The molecule has 0 aliphatic heterocycles. The van der Waals surface area contributed by atoms with Crippen LogP contribution < -0.4 is 10.6 Å². The van der Waals surface area contributed by atoms with Gasteiger partial charge in [-0.05, 0) is 24.5 Å². The van der Waals surface area contributed by atoms with E-state index < -0.39 is 11.7 Å². The summed E-state index contributed by atoms with van der Waals surface area (Å²) in [6, 6.07) is 5.66. The number of aryl methyl sites for hydroxylation is 1. The highest BCUT2D eigenvalue weighted by Crippen LogP contribution is 2.44. The summed E-state index contributed by atoms with van der Waals surface area (Å²) < 4.78 is 41.0. The molecule has 6 nitrogen and oxygen atoms in total. The number of guanidine groups is 1. The zero-order valence-corrected chi connectivity index (χ0v) is 18.1. The first-order valence-corrected chi connectivity index (χ1v) is 8.79. The maximum atomic E-state index is 13.1. The van der Waals surface area contributed by atoms with E-state index in [-0.39, 0.29) is 29.4 Å². The normalized spacial score (nSPS) is 16.1. The van der Waals surface area contributed by atoms with Crippen molar-refractivity contribution in [3.8, 4) is 0 Å². The number of halogens is 4. The summed E-state index contributed by atoms with van der Waals surface area (Å²) in [6.07, 6.45) is -0.0155. The quantitative estimate of drug-likeness (QED) is 0.370. The molecule has 1 saturated carbocycles. The molecule has 0 radical (unpaired) electrons. The van der Waals surface area contributed by atoms with Gasteiger partial charge in [-0.25, -0.2) is 0 Å². The maximum Gasteiger partial charge on any atom is 0.416 e. The van der Waals surface area contributed by atoms with Crippen molar-refractivity contribution in [3.63, 3.8) is 0 Å². The molecule has 0 bridgehead atoms. The van der Waals surface area contributed by atoms with E-state index in [0.29, 0.717) is 19.0 Å². The van der Waals surface area contributed by atoms with Crippen molar-refractivity contribution in [2.24, 2.45) is 12.0 Å². The first kappa shape index (κ1) is 22.4. The van der Waals surface area contributed by atoms with Crippen LogP contribution in [0.15, 0.2) is 35.6 Å². The Kier molecular flexibility index (Phi) is 7.29. The van der Waals surface area contributed by atoms with Crippen molar-refractivity contribution in [1.29, 1.82) is 0 Å². The Labute approximate surface area is 179 Å². The molecule has 0 spiro atoms. The third-order valence-electron chi connectivity index (χ3n) is 5.15. The Morgan fingerprint density at radius 3 is 2.57 bits per heavy atom. The van der Waals surface area contributed by atoms with Crippen LogP contribution in [-0.4, -0.2) is 34.3 Å². The van der Waals surface area contributed by atoms with Crippen LogP contribution in [-0.2, 0) is 25.2 Å². The topological polar surface area (TPSA) is 67.1 Å². The van der Waals surface area contributed by atoms with Crippen LogP contribution in [0.2, 0.25) is 0 Å². The minimum absolute atomic E-state index is 0. The standard InChI is InChI=1S/C18H23F3N6.HI/c1-22-16(23-10-15-26-25-12-27(15)2)24-11-17(7-4-8-17)13-5-3-6-14(9-13)18(19,20)21;/h3,5-6,9,12H,4,7-8,10-11H2,1-2H3,(H2,22,23,24);1H. The van der Waals surface area contributed by atoms with Gasteiger partial charge < -0.3 is 15.2 Å². The molecule has 0 saturated heterocycles. The number of aromatic nitrogens is 3. The molecule has 0 amide bonds. The number of benzene rings is 1. The molecule has 0 unspecified atom stereocenters. The van der Waals surface area contributed by atoms with Gasteiger partial charge in [-0.15, -0.1) is 34.2 Å². The average molecular weight is 508 g/mol. The van der Waals surface area contributed by atoms with Gasteiger partial charge in [0.05, 0.1) is 12.1 Å². The molecule has 1 aliphatic rings. The van der Waals surface area contributed by atoms with Gasteiger partial charge in [0.25, 0.3) is 0 Å². The molecule has 0 atom stereocenters.